The maximum atomic E-state index is 12.6. The molecule has 0 saturated heterocycles. The fourth-order valence-corrected chi connectivity index (χ4v) is 3.12. The summed E-state index contributed by atoms with van der Waals surface area (Å²) < 4.78 is 10.9. The van der Waals surface area contributed by atoms with Crippen LogP contribution < -0.4 is 4.74 Å². The lowest BCUT2D eigenvalue weighted by Gasteiger charge is -1.97. The van der Waals surface area contributed by atoms with Crippen LogP contribution in [0.4, 0.5) is 0 Å². The highest BCUT2D eigenvalue weighted by molar-refractivity contribution is 7.12. The van der Waals surface area contributed by atoms with Gasteiger partial charge in [-0.3, -0.25) is 4.79 Å². The van der Waals surface area contributed by atoms with E-state index in [0.717, 1.165) is 27.1 Å². The van der Waals surface area contributed by atoms with Crippen molar-refractivity contribution in [3.63, 3.8) is 0 Å². The third kappa shape index (κ3) is 1.93. The monoisotopic (exact) mass is 286 g/mol. The predicted molar refractivity (Wildman–Crippen MR) is 80.0 cm³/mol. The Balaban J connectivity index is 2.15. The van der Waals surface area contributed by atoms with Crippen LogP contribution in [0.15, 0.2) is 34.1 Å². The van der Waals surface area contributed by atoms with E-state index in [-0.39, 0.29) is 5.78 Å². The molecule has 1 aromatic carbocycles. The Morgan fingerprint density at radius 1 is 1.25 bits per heavy atom. The molecule has 0 aliphatic rings. The van der Waals surface area contributed by atoms with Crippen LogP contribution in [0.1, 0.15) is 26.6 Å². The van der Waals surface area contributed by atoms with Crippen LogP contribution in [-0.2, 0) is 0 Å². The van der Waals surface area contributed by atoms with Crippen molar-refractivity contribution in [1.82, 2.24) is 0 Å². The van der Waals surface area contributed by atoms with Crippen molar-refractivity contribution in [2.24, 2.45) is 0 Å². The minimum atomic E-state index is -0.0508. The summed E-state index contributed by atoms with van der Waals surface area (Å²) in [5.41, 5.74) is 2.54. The molecule has 0 unspecified atom stereocenters. The summed E-state index contributed by atoms with van der Waals surface area (Å²) in [5.74, 6) is 1.08. The van der Waals surface area contributed by atoms with E-state index in [2.05, 4.69) is 0 Å². The van der Waals surface area contributed by atoms with Gasteiger partial charge in [0.05, 0.1) is 12.0 Å². The molecule has 0 fully saturated rings. The smallest absolute Gasteiger partial charge is 0.238 e. The number of hydrogen-bond acceptors (Lipinski definition) is 4. The SMILES string of the molecule is COc1ccc2c(C)c(C(=O)c3sccc3C)oc2c1. The average Bonchev–Trinajstić information content (AvgIpc) is 3.02. The van der Waals surface area contributed by atoms with E-state index in [0.29, 0.717) is 11.3 Å². The molecule has 3 rings (SSSR count). The summed E-state index contributed by atoms with van der Waals surface area (Å²) >= 11 is 1.44. The number of thiophene rings is 1. The van der Waals surface area contributed by atoms with Crippen molar-refractivity contribution in [3.8, 4) is 5.75 Å². The van der Waals surface area contributed by atoms with E-state index >= 15 is 0 Å². The molecule has 0 N–H and O–H groups in total. The van der Waals surface area contributed by atoms with Gasteiger partial charge in [-0.15, -0.1) is 11.3 Å². The van der Waals surface area contributed by atoms with Gasteiger partial charge < -0.3 is 9.15 Å². The highest BCUT2D eigenvalue weighted by Crippen LogP contribution is 2.31. The maximum Gasteiger partial charge on any atom is 0.238 e. The largest absolute Gasteiger partial charge is 0.497 e. The maximum absolute atomic E-state index is 12.6. The topological polar surface area (TPSA) is 39.4 Å². The first-order valence-corrected chi connectivity index (χ1v) is 7.15. The van der Waals surface area contributed by atoms with Crippen molar-refractivity contribution in [1.29, 1.82) is 0 Å². The van der Waals surface area contributed by atoms with E-state index in [9.17, 15) is 4.79 Å². The Morgan fingerprint density at radius 3 is 2.70 bits per heavy atom. The number of carbonyl (C=O) groups excluding carboxylic acids is 1. The molecule has 0 radical (unpaired) electrons. The van der Waals surface area contributed by atoms with Gasteiger partial charge in [0.25, 0.3) is 0 Å². The molecular weight excluding hydrogens is 272 g/mol. The minimum absolute atomic E-state index is 0.0508. The Labute approximate surface area is 120 Å². The molecule has 0 saturated carbocycles. The van der Waals surface area contributed by atoms with Gasteiger partial charge in [-0.1, -0.05) is 0 Å². The molecule has 2 aromatic heterocycles. The van der Waals surface area contributed by atoms with Crippen LogP contribution in [0.25, 0.3) is 11.0 Å². The number of hydrogen-bond donors (Lipinski definition) is 0. The number of furan rings is 1. The molecule has 0 atom stereocenters. The first kappa shape index (κ1) is 12.9. The quantitative estimate of drug-likeness (QED) is 0.672. The number of ether oxygens (including phenoxy) is 1. The summed E-state index contributed by atoms with van der Waals surface area (Å²) in [5, 5.41) is 2.87. The standard InChI is InChI=1S/C16H14O3S/c1-9-6-7-20-16(9)14(17)15-10(2)12-5-4-11(18-3)8-13(12)19-15/h4-8H,1-3H3. The summed E-state index contributed by atoms with van der Waals surface area (Å²) in [6.07, 6.45) is 0. The number of ketones is 1. The lowest BCUT2D eigenvalue weighted by molar-refractivity contribution is 0.101. The number of rotatable bonds is 3. The molecule has 0 aliphatic carbocycles. The lowest BCUT2D eigenvalue weighted by atomic mass is 10.1. The lowest BCUT2D eigenvalue weighted by Crippen LogP contribution is -2.00. The van der Waals surface area contributed by atoms with Crippen LogP contribution in [0, 0.1) is 13.8 Å². The minimum Gasteiger partial charge on any atom is -0.497 e. The molecule has 0 bridgehead atoms. The van der Waals surface area contributed by atoms with E-state index < -0.39 is 0 Å². The second kappa shape index (κ2) is 4.80. The molecule has 2 heterocycles. The summed E-state index contributed by atoms with van der Waals surface area (Å²) in [4.78, 5) is 13.3. The van der Waals surface area contributed by atoms with Gasteiger partial charge in [0.15, 0.2) is 5.76 Å². The number of methoxy groups -OCH3 is 1. The normalized spacial score (nSPS) is 10.9. The van der Waals surface area contributed by atoms with Crippen LogP contribution >= 0.6 is 11.3 Å². The van der Waals surface area contributed by atoms with Gasteiger partial charge in [0.2, 0.25) is 5.78 Å². The molecule has 0 spiro atoms. The molecule has 0 amide bonds. The van der Waals surface area contributed by atoms with Crippen LogP contribution in [0.5, 0.6) is 5.75 Å². The van der Waals surface area contributed by atoms with Gasteiger partial charge >= 0.3 is 0 Å². The van der Waals surface area contributed by atoms with Crippen LogP contribution in [0.3, 0.4) is 0 Å². The van der Waals surface area contributed by atoms with Crippen LogP contribution in [-0.4, -0.2) is 12.9 Å². The zero-order chi connectivity index (χ0) is 14.3. The highest BCUT2D eigenvalue weighted by Gasteiger charge is 2.21. The highest BCUT2D eigenvalue weighted by atomic mass is 32.1. The number of benzene rings is 1. The molecule has 0 aliphatic heterocycles. The summed E-state index contributed by atoms with van der Waals surface area (Å²) in [7, 11) is 1.61. The van der Waals surface area contributed by atoms with Crippen molar-refractivity contribution in [2.75, 3.05) is 7.11 Å². The molecule has 3 nitrogen and oxygen atoms in total. The summed E-state index contributed by atoms with van der Waals surface area (Å²) in [6, 6.07) is 7.54. The number of fused-ring (bicyclic) bond motifs is 1. The molecule has 102 valence electrons. The van der Waals surface area contributed by atoms with Crippen LogP contribution in [0.2, 0.25) is 0 Å². The molecule has 20 heavy (non-hydrogen) atoms. The third-order valence-corrected chi connectivity index (χ3v) is 4.44. The third-order valence-electron chi connectivity index (χ3n) is 3.42. The number of aryl methyl sites for hydroxylation is 2. The van der Waals surface area contributed by atoms with E-state index in [1.165, 1.54) is 11.3 Å². The van der Waals surface area contributed by atoms with Crippen molar-refractivity contribution < 1.29 is 13.9 Å². The zero-order valence-electron chi connectivity index (χ0n) is 11.5. The van der Waals surface area contributed by atoms with Gasteiger partial charge in [0, 0.05) is 17.0 Å². The van der Waals surface area contributed by atoms with Crippen molar-refractivity contribution >= 4 is 28.1 Å². The zero-order valence-corrected chi connectivity index (χ0v) is 12.3. The molecule has 3 aromatic rings. The second-order valence-electron chi connectivity index (χ2n) is 4.68. The second-order valence-corrected chi connectivity index (χ2v) is 5.60. The predicted octanol–water partition coefficient (Wildman–Crippen LogP) is 4.35. The van der Waals surface area contributed by atoms with E-state index in [4.69, 9.17) is 9.15 Å². The Hall–Kier alpha value is -2.07. The van der Waals surface area contributed by atoms with Gasteiger partial charge in [-0.05, 0) is 43.0 Å². The summed E-state index contributed by atoms with van der Waals surface area (Å²) in [6.45, 7) is 3.85. The van der Waals surface area contributed by atoms with Gasteiger partial charge in [-0.2, -0.15) is 0 Å². The first-order valence-electron chi connectivity index (χ1n) is 6.27. The van der Waals surface area contributed by atoms with Crippen molar-refractivity contribution in [3.05, 3.63) is 51.4 Å². The number of carbonyl (C=O) groups is 1. The van der Waals surface area contributed by atoms with E-state index in [1.54, 1.807) is 13.2 Å². The molecule has 4 heteroatoms. The first-order chi connectivity index (χ1) is 9.61. The Kier molecular flexibility index (Phi) is 3.10. The fourth-order valence-electron chi connectivity index (χ4n) is 2.26. The Bertz CT molecular complexity index is 795. The van der Waals surface area contributed by atoms with E-state index in [1.807, 2.05) is 37.4 Å². The van der Waals surface area contributed by atoms with Crippen molar-refractivity contribution in [2.45, 2.75) is 13.8 Å². The Morgan fingerprint density at radius 2 is 2.05 bits per heavy atom. The molecular formula is C16H14O3S. The fraction of sp³-hybridized carbons (Fsp3) is 0.188. The van der Waals surface area contributed by atoms with Gasteiger partial charge in [-0.25, -0.2) is 0 Å². The van der Waals surface area contributed by atoms with Gasteiger partial charge in [0.1, 0.15) is 11.3 Å². The average molecular weight is 286 g/mol.